The van der Waals surface area contributed by atoms with Crippen molar-refractivity contribution >= 4 is 23.6 Å². The third-order valence-electron chi connectivity index (χ3n) is 2.07. The first kappa shape index (κ1) is 17.2. The van der Waals surface area contributed by atoms with Gasteiger partial charge in [-0.25, -0.2) is 9.37 Å². The Balaban J connectivity index is 2.88. The van der Waals surface area contributed by atoms with E-state index in [9.17, 15) is 36.7 Å². The number of nitrogens with one attached hydrogen (secondary N) is 2. The molecule has 0 bridgehead atoms. The van der Waals surface area contributed by atoms with E-state index < -0.39 is 47.9 Å². The summed E-state index contributed by atoms with van der Waals surface area (Å²) < 4.78 is 47.9. The summed E-state index contributed by atoms with van der Waals surface area (Å²) in [7, 11) is 0. The summed E-state index contributed by atoms with van der Waals surface area (Å²) in [5.74, 6) is -6.40. The van der Waals surface area contributed by atoms with Gasteiger partial charge in [-0.1, -0.05) is 6.07 Å². The summed E-state index contributed by atoms with van der Waals surface area (Å²) in [6, 6.07) is 3.05. The molecule has 1 rings (SSSR count). The second-order valence-electron chi connectivity index (χ2n) is 3.70. The average molecular weight is 321 g/mol. The molecule has 22 heavy (non-hydrogen) atoms. The second kappa shape index (κ2) is 6.74. The highest BCUT2D eigenvalue weighted by Gasteiger charge is 2.40. The van der Waals surface area contributed by atoms with Crippen molar-refractivity contribution in [1.29, 1.82) is 0 Å². The van der Waals surface area contributed by atoms with E-state index in [2.05, 4.69) is 4.98 Å². The quantitative estimate of drug-likeness (QED) is 0.770. The normalized spacial score (nSPS) is 10.7. The zero-order valence-electron chi connectivity index (χ0n) is 10.5. The van der Waals surface area contributed by atoms with Gasteiger partial charge in [0.1, 0.15) is 11.4 Å². The third kappa shape index (κ3) is 4.61. The summed E-state index contributed by atoms with van der Waals surface area (Å²) in [6.07, 6.45) is -5.27. The molecular weight excluding hydrogens is 314 g/mol. The molecule has 1 heterocycles. The monoisotopic (exact) mass is 321 g/mol. The van der Waals surface area contributed by atoms with Crippen molar-refractivity contribution in [3.63, 3.8) is 0 Å². The summed E-state index contributed by atoms with van der Waals surface area (Å²) >= 11 is 0. The zero-order valence-corrected chi connectivity index (χ0v) is 10.5. The topological polar surface area (TPSA) is 105 Å². The van der Waals surface area contributed by atoms with Crippen molar-refractivity contribution in [2.45, 2.75) is 6.18 Å². The minimum absolute atomic E-state index is 0.520. The van der Waals surface area contributed by atoms with E-state index in [0.717, 1.165) is 23.5 Å². The lowest BCUT2D eigenvalue weighted by Crippen LogP contribution is -2.41. The van der Waals surface area contributed by atoms with Crippen molar-refractivity contribution in [3.8, 4) is 0 Å². The van der Waals surface area contributed by atoms with Crippen LogP contribution in [0.5, 0.6) is 0 Å². The van der Waals surface area contributed by atoms with Crippen LogP contribution in [0.3, 0.4) is 0 Å². The molecular formula is C11H7F4N3O4. The Kier molecular flexibility index (Phi) is 5.27. The molecule has 118 valence electrons. The maximum absolute atomic E-state index is 12.0. The molecule has 0 saturated carbocycles. The van der Waals surface area contributed by atoms with Crippen LogP contribution in [0, 0.1) is 0 Å². The van der Waals surface area contributed by atoms with Gasteiger partial charge in [0.15, 0.2) is 6.67 Å². The van der Waals surface area contributed by atoms with Gasteiger partial charge < -0.3 is 0 Å². The van der Waals surface area contributed by atoms with Crippen LogP contribution in [0.1, 0.15) is 21.0 Å². The summed E-state index contributed by atoms with van der Waals surface area (Å²) in [5.41, 5.74) is -1.19. The molecule has 0 aliphatic carbocycles. The number of hydrogen-bond donors (Lipinski definition) is 2. The minimum atomic E-state index is -5.27. The van der Waals surface area contributed by atoms with E-state index in [1.54, 1.807) is 5.32 Å². The Hall–Kier alpha value is -2.85. The second-order valence-corrected chi connectivity index (χ2v) is 3.70. The molecule has 0 unspecified atom stereocenters. The van der Waals surface area contributed by atoms with E-state index in [4.69, 9.17) is 0 Å². The highest BCUT2D eigenvalue weighted by molar-refractivity contribution is 6.07. The van der Waals surface area contributed by atoms with Crippen molar-refractivity contribution in [1.82, 2.24) is 15.6 Å². The molecule has 0 aliphatic heterocycles. The Morgan fingerprint density at radius 1 is 1.00 bits per heavy atom. The summed E-state index contributed by atoms with van der Waals surface area (Å²) in [4.78, 5) is 47.5. The van der Waals surface area contributed by atoms with Crippen LogP contribution >= 0.6 is 0 Å². The molecule has 11 heteroatoms. The van der Waals surface area contributed by atoms with E-state index >= 15 is 0 Å². The fraction of sp³-hybridized carbons (Fsp3) is 0.182. The maximum Gasteiger partial charge on any atom is 0.471 e. The smallest absolute Gasteiger partial charge is 0.289 e. The number of carbonyl (C=O) groups is 4. The Bertz CT molecular complexity index is 630. The molecule has 0 spiro atoms. The van der Waals surface area contributed by atoms with Gasteiger partial charge in [-0.2, -0.15) is 13.2 Å². The van der Waals surface area contributed by atoms with E-state index in [1.165, 1.54) is 0 Å². The molecule has 7 nitrogen and oxygen atoms in total. The summed E-state index contributed by atoms with van der Waals surface area (Å²) in [6.45, 7) is -1.47. The van der Waals surface area contributed by atoms with Gasteiger partial charge in [-0.3, -0.25) is 29.8 Å². The zero-order chi connectivity index (χ0) is 16.9. The predicted molar refractivity (Wildman–Crippen MR) is 61.2 cm³/mol. The first-order valence-corrected chi connectivity index (χ1v) is 5.45. The molecule has 0 aromatic carbocycles. The number of alkyl halides is 4. The van der Waals surface area contributed by atoms with Crippen LogP contribution in [-0.2, 0) is 9.59 Å². The molecule has 0 radical (unpaired) electrons. The van der Waals surface area contributed by atoms with Gasteiger partial charge in [-0.05, 0) is 12.1 Å². The molecule has 4 amide bonds. The van der Waals surface area contributed by atoms with Gasteiger partial charge in [0, 0.05) is 0 Å². The minimum Gasteiger partial charge on any atom is -0.289 e. The maximum atomic E-state index is 12.0. The van der Waals surface area contributed by atoms with Crippen LogP contribution in [0.15, 0.2) is 18.2 Å². The van der Waals surface area contributed by atoms with Crippen molar-refractivity contribution in [3.05, 3.63) is 29.6 Å². The Labute approximate surface area is 119 Å². The first-order chi connectivity index (χ1) is 10.1. The lowest BCUT2D eigenvalue weighted by molar-refractivity contribution is -0.172. The van der Waals surface area contributed by atoms with Gasteiger partial charge in [0.25, 0.3) is 17.7 Å². The number of imide groups is 2. The molecule has 1 aromatic rings. The number of rotatable bonds is 3. The first-order valence-electron chi connectivity index (χ1n) is 5.45. The predicted octanol–water partition coefficient (Wildman–Crippen LogP) is 0.126. The summed E-state index contributed by atoms with van der Waals surface area (Å²) in [5, 5.41) is 2.61. The van der Waals surface area contributed by atoms with Crippen LogP contribution < -0.4 is 10.6 Å². The molecule has 0 atom stereocenters. The van der Waals surface area contributed by atoms with Gasteiger partial charge >= 0.3 is 12.1 Å². The van der Waals surface area contributed by atoms with Crippen LogP contribution in [0.2, 0.25) is 0 Å². The number of aromatic nitrogens is 1. The molecule has 0 fully saturated rings. The number of amides is 4. The van der Waals surface area contributed by atoms with Gasteiger partial charge in [0.2, 0.25) is 0 Å². The van der Waals surface area contributed by atoms with Crippen LogP contribution in [0.25, 0.3) is 0 Å². The number of carbonyl (C=O) groups excluding carboxylic acids is 4. The van der Waals surface area contributed by atoms with Crippen LogP contribution in [-0.4, -0.2) is 41.5 Å². The number of hydrogen-bond acceptors (Lipinski definition) is 5. The highest BCUT2D eigenvalue weighted by atomic mass is 19.4. The lowest BCUT2D eigenvalue weighted by atomic mass is 10.2. The van der Waals surface area contributed by atoms with E-state index in [0.29, 0.717) is 0 Å². The Morgan fingerprint density at radius 3 is 1.95 bits per heavy atom. The molecule has 0 aliphatic rings. The fourth-order valence-electron chi connectivity index (χ4n) is 1.15. The Morgan fingerprint density at radius 2 is 1.50 bits per heavy atom. The van der Waals surface area contributed by atoms with Crippen molar-refractivity contribution in [2.75, 3.05) is 6.67 Å². The van der Waals surface area contributed by atoms with Crippen molar-refractivity contribution in [2.24, 2.45) is 0 Å². The van der Waals surface area contributed by atoms with E-state index in [1.807, 2.05) is 0 Å². The number of nitrogens with zero attached hydrogens (tertiary/aromatic N) is 1. The average Bonchev–Trinajstić information content (AvgIpc) is 2.46. The fourth-order valence-corrected chi connectivity index (χ4v) is 1.15. The number of pyridine rings is 1. The van der Waals surface area contributed by atoms with Crippen molar-refractivity contribution < 1.29 is 36.7 Å². The van der Waals surface area contributed by atoms with E-state index in [-0.39, 0.29) is 0 Å². The van der Waals surface area contributed by atoms with Gasteiger partial charge in [-0.15, -0.1) is 0 Å². The molecule has 2 N–H and O–H groups in total. The third-order valence-corrected chi connectivity index (χ3v) is 2.07. The molecule has 1 aromatic heterocycles. The standard InChI is InChI=1S/C11H7F4N3O4/c12-4-7(19)17-8(20)5-2-1-3-6(16-5)9(21)18-10(22)11(13,14)15/h1-3H,4H2,(H,17,19,20)(H,18,21,22). The largest absolute Gasteiger partial charge is 0.471 e. The number of halogens is 4. The van der Waals surface area contributed by atoms with Gasteiger partial charge in [0.05, 0.1) is 0 Å². The highest BCUT2D eigenvalue weighted by Crippen LogP contribution is 2.14. The molecule has 0 saturated heterocycles. The SMILES string of the molecule is O=C(CF)NC(=O)c1cccc(C(=O)NC(=O)C(F)(F)F)n1. The van der Waals surface area contributed by atoms with Crippen LogP contribution in [0.4, 0.5) is 17.6 Å². The lowest BCUT2D eigenvalue weighted by Gasteiger charge is -2.07.